The Kier molecular flexibility index (Phi) is 7.14. The zero-order valence-corrected chi connectivity index (χ0v) is 22.7. The number of rotatable bonds is 7. The molecule has 1 aromatic carbocycles. The lowest BCUT2D eigenvalue weighted by molar-refractivity contribution is -0.146. The molecule has 2 aliphatic heterocycles. The molecule has 2 amide bonds. The maximum Gasteiger partial charge on any atom is 0.416 e. The number of nitriles is 1. The number of amides is 2. The van der Waals surface area contributed by atoms with Gasteiger partial charge < -0.3 is 15.1 Å². The van der Waals surface area contributed by atoms with Crippen LogP contribution in [0.25, 0.3) is 0 Å². The number of hydrogen-bond acceptors (Lipinski definition) is 5. The highest BCUT2D eigenvalue weighted by Gasteiger charge is 2.58. The number of halogens is 5. The summed E-state index contributed by atoms with van der Waals surface area (Å²) in [6, 6.07) is 3.70. The van der Waals surface area contributed by atoms with Crippen LogP contribution in [0.2, 0.25) is 0 Å². The van der Waals surface area contributed by atoms with Crippen molar-refractivity contribution in [2.75, 3.05) is 39.8 Å². The number of likely N-dealkylation sites (N-methyl/N-ethyl adjacent to an activating group) is 1. The van der Waals surface area contributed by atoms with Gasteiger partial charge in [-0.1, -0.05) is 19.1 Å². The van der Waals surface area contributed by atoms with Crippen molar-refractivity contribution in [3.05, 3.63) is 34.9 Å². The van der Waals surface area contributed by atoms with Gasteiger partial charge in [0.2, 0.25) is 11.8 Å². The van der Waals surface area contributed by atoms with Crippen LogP contribution in [0.4, 0.5) is 22.0 Å². The average molecular weight is 568 g/mol. The van der Waals surface area contributed by atoms with Crippen LogP contribution in [-0.2, 0) is 28.2 Å². The van der Waals surface area contributed by atoms with Gasteiger partial charge in [-0.25, -0.2) is 8.78 Å². The molecule has 12 heteroatoms. The minimum atomic E-state index is -5.02. The Morgan fingerprint density at radius 1 is 1.05 bits per heavy atom. The average Bonchev–Trinajstić information content (AvgIpc) is 3.80. The van der Waals surface area contributed by atoms with E-state index in [-0.39, 0.29) is 6.54 Å². The molecule has 0 bridgehead atoms. The van der Waals surface area contributed by atoms with E-state index in [0.717, 1.165) is 30.1 Å². The fourth-order valence-electron chi connectivity index (χ4n) is 5.73. The highest BCUT2D eigenvalue weighted by Crippen LogP contribution is 2.51. The van der Waals surface area contributed by atoms with Crippen LogP contribution in [0, 0.1) is 22.7 Å². The molecule has 1 unspecified atom stereocenters. The number of benzene rings is 1. The number of hydrogen-bond donors (Lipinski definition) is 1. The highest BCUT2D eigenvalue weighted by molar-refractivity contribution is 5.92. The number of piperazine rings is 1. The van der Waals surface area contributed by atoms with Crippen molar-refractivity contribution in [3.8, 4) is 6.07 Å². The largest absolute Gasteiger partial charge is 0.416 e. The first kappa shape index (κ1) is 28.7. The van der Waals surface area contributed by atoms with Crippen molar-refractivity contribution in [3.63, 3.8) is 0 Å². The third-order valence-corrected chi connectivity index (χ3v) is 8.97. The number of alkyl halides is 5. The van der Waals surface area contributed by atoms with Gasteiger partial charge in [0.05, 0.1) is 11.6 Å². The fraction of sp³-hybridized carbons (Fsp3) is 0.679. The molecule has 1 aromatic rings. The molecule has 1 N–H and O–H groups in total. The maximum absolute atomic E-state index is 16.0. The zero-order valence-electron chi connectivity index (χ0n) is 22.7. The van der Waals surface area contributed by atoms with E-state index in [4.69, 9.17) is 0 Å². The van der Waals surface area contributed by atoms with Gasteiger partial charge in [-0.05, 0) is 50.8 Å². The van der Waals surface area contributed by atoms with Gasteiger partial charge in [0.1, 0.15) is 11.6 Å². The first-order valence-electron chi connectivity index (χ1n) is 13.7. The summed E-state index contributed by atoms with van der Waals surface area (Å²) >= 11 is 0. The topological polar surface area (TPSA) is 79.7 Å². The van der Waals surface area contributed by atoms with E-state index in [1.54, 1.807) is 6.92 Å². The lowest BCUT2D eigenvalue weighted by atomic mass is 9.88. The van der Waals surface area contributed by atoms with Gasteiger partial charge in [-0.15, -0.1) is 0 Å². The SMILES string of the molecule is CN1CCN(Cc2ccc(C(F)(F)C3C[C@@H](C(=O)NC4(C#N)CC4)N(C(=O)C4(C)CC4)C3)c(C(F)(F)F)c2)CC1. The molecular formula is C28H34F5N5O2. The molecule has 4 aliphatic rings. The number of likely N-dealkylation sites (tertiary alicyclic amines) is 1. The number of nitrogens with one attached hydrogen (secondary N) is 1. The highest BCUT2D eigenvalue weighted by atomic mass is 19.4. The Hall–Kier alpha value is -2.78. The van der Waals surface area contributed by atoms with Gasteiger partial charge in [-0.2, -0.15) is 18.4 Å². The molecule has 2 saturated heterocycles. The smallest absolute Gasteiger partial charge is 0.336 e. The minimum Gasteiger partial charge on any atom is -0.336 e. The van der Waals surface area contributed by atoms with E-state index < -0.39 is 70.9 Å². The van der Waals surface area contributed by atoms with Crippen molar-refractivity contribution in [1.29, 1.82) is 5.26 Å². The molecule has 2 atom stereocenters. The van der Waals surface area contributed by atoms with Crippen molar-refractivity contribution >= 4 is 11.8 Å². The molecule has 218 valence electrons. The molecule has 40 heavy (non-hydrogen) atoms. The van der Waals surface area contributed by atoms with Crippen LogP contribution in [0.1, 0.15) is 55.7 Å². The Balaban J connectivity index is 1.41. The molecule has 0 radical (unpaired) electrons. The van der Waals surface area contributed by atoms with Crippen LogP contribution in [0.5, 0.6) is 0 Å². The summed E-state index contributed by atoms with van der Waals surface area (Å²) in [4.78, 5) is 31.6. The van der Waals surface area contributed by atoms with Crippen molar-refractivity contribution in [1.82, 2.24) is 20.0 Å². The second kappa shape index (κ2) is 9.94. The minimum absolute atomic E-state index is 0.218. The van der Waals surface area contributed by atoms with E-state index in [9.17, 15) is 28.0 Å². The second-order valence-corrected chi connectivity index (χ2v) is 12.2. The number of carbonyl (C=O) groups is 2. The van der Waals surface area contributed by atoms with Crippen LogP contribution in [-0.4, -0.2) is 77.9 Å². The predicted octanol–water partition coefficient (Wildman–Crippen LogP) is 3.73. The second-order valence-electron chi connectivity index (χ2n) is 12.2. The molecule has 2 saturated carbocycles. The Bertz CT molecular complexity index is 1210. The van der Waals surface area contributed by atoms with Crippen LogP contribution >= 0.6 is 0 Å². The van der Waals surface area contributed by atoms with Crippen LogP contribution < -0.4 is 5.32 Å². The summed E-state index contributed by atoms with van der Waals surface area (Å²) < 4.78 is 74.6. The summed E-state index contributed by atoms with van der Waals surface area (Å²) in [5, 5.41) is 11.9. The van der Waals surface area contributed by atoms with E-state index in [1.165, 1.54) is 6.07 Å². The first-order chi connectivity index (χ1) is 18.7. The summed E-state index contributed by atoms with van der Waals surface area (Å²) in [5.74, 6) is -6.82. The van der Waals surface area contributed by atoms with Gasteiger partial charge in [-0.3, -0.25) is 14.5 Å². The van der Waals surface area contributed by atoms with Gasteiger partial charge in [0.25, 0.3) is 5.92 Å². The third kappa shape index (κ3) is 5.55. The lowest BCUT2D eigenvalue weighted by Gasteiger charge is -2.32. The van der Waals surface area contributed by atoms with Crippen molar-refractivity contribution in [2.45, 2.75) is 69.3 Å². The quantitative estimate of drug-likeness (QED) is 0.508. The summed E-state index contributed by atoms with van der Waals surface area (Å²) in [6.07, 6.45) is -3.58. The molecule has 2 aliphatic carbocycles. The standard InChI is InChI=1S/C28H34F5N5O2/c1-25(5-6-25)24(40)38-16-19(14-22(38)23(39)35-26(17-34)7-8-26)27(29,30)20-4-3-18(13-21(20)28(31,32)33)15-37-11-9-36(2)10-12-37/h3-4,13,19,22H,5-12,14-16H2,1-2H3,(H,35,39)/t19?,22-/m0/s1. The van der Waals surface area contributed by atoms with Crippen molar-refractivity contribution < 1.29 is 31.5 Å². The molecule has 0 aromatic heterocycles. The van der Waals surface area contributed by atoms with Gasteiger partial charge >= 0.3 is 6.18 Å². The van der Waals surface area contributed by atoms with Gasteiger partial charge in [0, 0.05) is 56.2 Å². The maximum atomic E-state index is 16.0. The molecule has 5 rings (SSSR count). The number of nitrogens with zero attached hydrogens (tertiary/aromatic N) is 4. The van der Waals surface area contributed by atoms with E-state index in [2.05, 4.69) is 10.2 Å². The van der Waals surface area contributed by atoms with E-state index >= 15 is 8.78 Å². The molecule has 2 heterocycles. The summed E-state index contributed by atoms with van der Waals surface area (Å²) in [7, 11) is 1.96. The summed E-state index contributed by atoms with van der Waals surface area (Å²) in [5.41, 5.74) is -4.08. The monoisotopic (exact) mass is 567 g/mol. The molecule has 0 spiro atoms. The van der Waals surface area contributed by atoms with E-state index in [0.29, 0.717) is 44.3 Å². The van der Waals surface area contributed by atoms with Crippen LogP contribution in [0.15, 0.2) is 18.2 Å². The van der Waals surface area contributed by atoms with Gasteiger partial charge in [0.15, 0.2) is 0 Å². The predicted molar refractivity (Wildman–Crippen MR) is 135 cm³/mol. The number of carbonyl (C=O) groups excluding carboxylic acids is 2. The van der Waals surface area contributed by atoms with Crippen LogP contribution in [0.3, 0.4) is 0 Å². The molecule has 7 nitrogen and oxygen atoms in total. The molecular weight excluding hydrogens is 533 g/mol. The zero-order chi connectivity index (χ0) is 29.1. The fourth-order valence-corrected chi connectivity index (χ4v) is 5.73. The van der Waals surface area contributed by atoms with E-state index in [1.807, 2.05) is 18.0 Å². The summed E-state index contributed by atoms with van der Waals surface area (Å²) in [6.45, 7) is 4.23. The Morgan fingerprint density at radius 2 is 1.70 bits per heavy atom. The normalized spacial score (nSPS) is 26.3. The molecule has 4 fully saturated rings. The lowest BCUT2D eigenvalue weighted by Crippen LogP contribution is -2.50. The Labute approximate surface area is 230 Å². The first-order valence-corrected chi connectivity index (χ1v) is 13.7. The third-order valence-electron chi connectivity index (χ3n) is 8.97. The Morgan fingerprint density at radius 3 is 2.25 bits per heavy atom. The van der Waals surface area contributed by atoms with Crippen molar-refractivity contribution in [2.24, 2.45) is 11.3 Å².